The van der Waals surface area contributed by atoms with E-state index in [0.29, 0.717) is 0 Å². The number of hydrogen-bond donors (Lipinski definition) is 0. The summed E-state index contributed by atoms with van der Waals surface area (Å²) in [6.45, 7) is -0.105. The Kier molecular flexibility index (Phi) is 3.68. The summed E-state index contributed by atoms with van der Waals surface area (Å²) in [5, 5.41) is 0. The van der Waals surface area contributed by atoms with Gasteiger partial charge in [0.1, 0.15) is 6.67 Å². The Hall–Kier alpha value is -0.280. The summed E-state index contributed by atoms with van der Waals surface area (Å²) >= 11 is 0. The van der Waals surface area contributed by atoms with Crippen LogP contribution in [0.15, 0.2) is 0 Å². The molecule has 0 rings (SSSR count). The van der Waals surface area contributed by atoms with E-state index < -0.39 is 25.2 Å². The second-order valence-electron chi connectivity index (χ2n) is 2.13. The molecule has 0 amide bonds. The van der Waals surface area contributed by atoms with E-state index in [1.807, 2.05) is 0 Å². The third-order valence-corrected chi connectivity index (χ3v) is 1.18. The molecule has 0 heterocycles. The van der Waals surface area contributed by atoms with E-state index >= 15 is 0 Å². The zero-order chi connectivity index (χ0) is 8.20. The Morgan fingerprint density at radius 3 is 2.20 bits per heavy atom. The monoisotopic (exact) mass is 158 g/mol. The Labute approximate surface area is 57.2 Å². The highest BCUT2D eigenvalue weighted by Crippen LogP contribution is 2.26. The molecular weight excluding hydrogens is 148 g/mol. The topological polar surface area (TPSA) is 0 Å². The molecular formula is C6H10F4. The normalized spacial score (nSPS) is 15.3. The largest absolute Gasteiger partial charge is 0.281 e. The Morgan fingerprint density at radius 2 is 1.90 bits per heavy atom. The standard InChI is InChI=1S/C6H10F4/c1-2-3-6(9,10)5(8)4-7/h5H,2-4H2,1H3. The SMILES string of the molecule is CCCC(F)(F)C(F)CF. The van der Waals surface area contributed by atoms with Crippen LogP contribution >= 0.6 is 0 Å². The van der Waals surface area contributed by atoms with Crippen LogP contribution in [-0.2, 0) is 0 Å². The van der Waals surface area contributed by atoms with Crippen molar-refractivity contribution in [3.63, 3.8) is 0 Å². The van der Waals surface area contributed by atoms with Gasteiger partial charge in [-0.2, -0.15) is 0 Å². The fourth-order valence-electron chi connectivity index (χ4n) is 0.603. The predicted molar refractivity (Wildman–Crippen MR) is 30.7 cm³/mol. The smallest absolute Gasteiger partial charge is 0.248 e. The second kappa shape index (κ2) is 3.78. The van der Waals surface area contributed by atoms with Crippen LogP contribution in [0.25, 0.3) is 0 Å². The van der Waals surface area contributed by atoms with Crippen LogP contribution in [0.3, 0.4) is 0 Å². The Bertz CT molecular complexity index is 91.7. The van der Waals surface area contributed by atoms with Gasteiger partial charge in [-0.3, -0.25) is 0 Å². The first-order valence-electron chi connectivity index (χ1n) is 3.12. The minimum Gasteiger partial charge on any atom is -0.248 e. The zero-order valence-corrected chi connectivity index (χ0v) is 5.71. The number of alkyl halides is 4. The summed E-state index contributed by atoms with van der Waals surface area (Å²) in [6.07, 6.45) is -3.06. The van der Waals surface area contributed by atoms with E-state index in [4.69, 9.17) is 0 Å². The zero-order valence-electron chi connectivity index (χ0n) is 5.71. The van der Waals surface area contributed by atoms with Gasteiger partial charge >= 0.3 is 0 Å². The van der Waals surface area contributed by atoms with Crippen molar-refractivity contribution in [2.75, 3.05) is 6.67 Å². The van der Waals surface area contributed by atoms with Crippen molar-refractivity contribution < 1.29 is 17.6 Å². The van der Waals surface area contributed by atoms with E-state index in [2.05, 4.69) is 0 Å². The molecule has 0 saturated heterocycles. The van der Waals surface area contributed by atoms with Gasteiger partial charge in [-0.15, -0.1) is 0 Å². The van der Waals surface area contributed by atoms with Gasteiger partial charge in [0.25, 0.3) is 5.92 Å². The van der Waals surface area contributed by atoms with Crippen LogP contribution in [-0.4, -0.2) is 18.8 Å². The molecule has 0 N–H and O–H groups in total. The second-order valence-corrected chi connectivity index (χ2v) is 2.13. The molecule has 0 bridgehead atoms. The summed E-state index contributed by atoms with van der Waals surface area (Å²) in [6, 6.07) is 0. The number of halogens is 4. The molecule has 10 heavy (non-hydrogen) atoms. The quantitative estimate of drug-likeness (QED) is 0.552. The molecule has 0 aromatic rings. The lowest BCUT2D eigenvalue weighted by Crippen LogP contribution is -2.31. The lowest BCUT2D eigenvalue weighted by molar-refractivity contribution is -0.0853. The molecule has 1 unspecified atom stereocenters. The van der Waals surface area contributed by atoms with Gasteiger partial charge in [-0.1, -0.05) is 13.3 Å². The molecule has 4 heteroatoms. The maximum absolute atomic E-state index is 12.2. The van der Waals surface area contributed by atoms with Gasteiger partial charge in [-0.05, 0) is 0 Å². The van der Waals surface area contributed by atoms with E-state index in [1.54, 1.807) is 0 Å². The van der Waals surface area contributed by atoms with Crippen molar-refractivity contribution in [3.05, 3.63) is 0 Å². The van der Waals surface area contributed by atoms with Crippen molar-refractivity contribution in [1.29, 1.82) is 0 Å². The lowest BCUT2D eigenvalue weighted by atomic mass is 10.1. The minimum atomic E-state index is -3.48. The summed E-state index contributed by atoms with van der Waals surface area (Å²) in [4.78, 5) is 0. The highest BCUT2D eigenvalue weighted by molar-refractivity contribution is 4.75. The van der Waals surface area contributed by atoms with E-state index in [1.165, 1.54) is 6.92 Å². The minimum absolute atomic E-state index is 0.160. The van der Waals surface area contributed by atoms with Gasteiger partial charge in [0.05, 0.1) is 0 Å². The summed E-state index contributed by atoms with van der Waals surface area (Å²) in [5.74, 6) is -3.48. The molecule has 0 nitrogen and oxygen atoms in total. The van der Waals surface area contributed by atoms with E-state index in [9.17, 15) is 17.6 Å². The van der Waals surface area contributed by atoms with E-state index in [0.717, 1.165) is 0 Å². The average molecular weight is 158 g/mol. The van der Waals surface area contributed by atoms with Crippen LogP contribution in [0.1, 0.15) is 19.8 Å². The maximum atomic E-state index is 12.2. The first kappa shape index (κ1) is 9.72. The third kappa shape index (κ3) is 2.54. The molecule has 0 fully saturated rings. The number of hydrogen-bond acceptors (Lipinski definition) is 0. The highest BCUT2D eigenvalue weighted by Gasteiger charge is 2.38. The molecule has 0 aliphatic rings. The van der Waals surface area contributed by atoms with Crippen LogP contribution in [0.4, 0.5) is 17.6 Å². The summed E-state index contributed by atoms with van der Waals surface area (Å²) in [5.41, 5.74) is 0. The molecule has 1 atom stereocenters. The molecule has 0 aromatic carbocycles. The van der Waals surface area contributed by atoms with Crippen molar-refractivity contribution in [1.82, 2.24) is 0 Å². The number of rotatable bonds is 4. The lowest BCUT2D eigenvalue weighted by Gasteiger charge is -2.16. The average Bonchev–Trinajstić information content (AvgIpc) is 1.86. The summed E-state index contributed by atoms with van der Waals surface area (Å²) in [7, 11) is 0. The highest BCUT2D eigenvalue weighted by atomic mass is 19.3. The molecule has 0 aliphatic heterocycles. The van der Waals surface area contributed by atoms with Gasteiger partial charge in [-0.25, -0.2) is 17.6 Å². The fraction of sp³-hybridized carbons (Fsp3) is 1.00. The van der Waals surface area contributed by atoms with Crippen LogP contribution in [0.2, 0.25) is 0 Å². The van der Waals surface area contributed by atoms with Gasteiger partial charge < -0.3 is 0 Å². The first-order chi connectivity index (χ1) is 4.54. The predicted octanol–water partition coefficient (Wildman–Crippen LogP) is 2.73. The molecule has 0 aliphatic carbocycles. The van der Waals surface area contributed by atoms with Crippen LogP contribution in [0.5, 0.6) is 0 Å². The van der Waals surface area contributed by atoms with Gasteiger partial charge in [0.2, 0.25) is 0 Å². The van der Waals surface area contributed by atoms with E-state index in [-0.39, 0.29) is 6.42 Å². The summed E-state index contributed by atoms with van der Waals surface area (Å²) < 4.78 is 47.7. The van der Waals surface area contributed by atoms with Crippen molar-refractivity contribution in [2.45, 2.75) is 31.9 Å². The third-order valence-electron chi connectivity index (χ3n) is 1.18. The van der Waals surface area contributed by atoms with Crippen molar-refractivity contribution >= 4 is 0 Å². The molecule has 62 valence electrons. The van der Waals surface area contributed by atoms with Crippen molar-refractivity contribution in [3.8, 4) is 0 Å². The van der Waals surface area contributed by atoms with Crippen LogP contribution in [0, 0.1) is 0 Å². The van der Waals surface area contributed by atoms with Gasteiger partial charge in [0.15, 0.2) is 6.17 Å². The Balaban J connectivity index is 3.82. The first-order valence-corrected chi connectivity index (χ1v) is 3.12. The fourth-order valence-corrected chi connectivity index (χ4v) is 0.603. The Morgan fingerprint density at radius 1 is 1.40 bits per heavy atom. The molecule has 0 saturated carbocycles. The molecule has 0 aromatic heterocycles. The van der Waals surface area contributed by atoms with Crippen LogP contribution < -0.4 is 0 Å². The van der Waals surface area contributed by atoms with Crippen molar-refractivity contribution in [2.24, 2.45) is 0 Å². The van der Waals surface area contributed by atoms with Gasteiger partial charge in [0, 0.05) is 6.42 Å². The maximum Gasteiger partial charge on any atom is 0.281 e. The molecule has 0 radical (unpaired) electrons. The molecule has 0 spiro atoms.